The van der Waals surface area contributed by atoms with E-state index in [0.717, 1.165) is 19.3 Å². The smallest absolute Gasteiger partial charge is 0.246 e. The Morgan fingerprint density at radius 1 is 1.37 bits per heavy atom. The van der Waals surface area contributed by atoms with Crippen molar-refractivity contribution in [1.29, 1.82) is 0 Å². The maximum absolute atomic E-state index is 14.1. The maximum atomic E-state index is 14.1. The molecule has 1 aromatic carbocycles. The van der Waals surface area contributed by atoms with Crippen LogP contribution in [0, 0.1) is 11.7 Å². The number of hydrogen-bond donors (Lipinski definition) is 1. The molecule has 19 heavy (non-hydrogen) atoms. The molecule has 2 unspecified atom stereocenters. The highest BCUT2D eigenvalue weighted by molar-refractivity contribution is 9.10. The Hall–Kier alpha value is -0.660. The van der Waals surface area contributed by atoms with E-state index in [-0.39, 0.29) is 21.1 Å². The first-order chi connectivity index (χ1) is 8.89. The van der Waals surface area contributed by atoms with Gasteiger partial charge < -0.3 is 5.73 Å². The van der Waals surface area contributed by atoms with Crippen molar-refractivity contribution in [1.82, 2.24) is 4.31 Å². The Bertz CT molecular complexity index is 635. The number of nitrogens with zero attached hydrogens (tertiary/aromatic N) is 1. The molecule has 0 radical (unpaired) electrons. The molecular weight excluding hydrogens is 335 g/mol. The van der Waals surface area contributed by atoms with Crippen LogP contribution in [0.1, 0.15) is 19.3 Å². The molecule has 104 valence electrons. The minimum absolute atomic E-state index is 0.0228. The first kappa shape index (κ1) is 13.3. The molecule has 7 heteroatoms. The van der Waals surface area contributed by atoms with Gasteiger partial charge in [-0.3, -0.25) is 0 Å². The fourth-order valence-electron chi connectivity index (χ4n) is 3.07. The Morgan fingerprint density at radius 2 is 2.11 bits per heavy atom. The molecule has 1 aromatic rings. The third kappa shape index (κ3) is 2.08. The minimum Gasteiger partial charge on any atom is -0.399 e. The molecule has 4 nitrogen and oxygen atoms in total. The molecule has 2 atom stereocenters. The van der Waals surface area contributed by atoms with Gasteiger partial charge in [0.1, 0.15) is 4.90 Å². The zero-order chi connectivity index (χ0) is 13.8. The van der Waals surface area contributed by atoms with Gasteiger partial charge in [-0.25, -0.2) is 12.8 Å². The quantitative estimate of drug-likeness (QED) is 0.834. The van der Waals surface area contributed by atoms with Crippen molar-refractivity contribution in [3.05, 3.63) is 22.4 Å². The zero-order valence-electron chi connectivity index (χ0n) is 10.1. The van der Waals surface area contributed by atoms with Gasteiger partial charge in [0.2, 0.25) is 10.0 Å². The second kappa shape index (κ2) is 4.43. The van der Waals surface area contributed by atoms with Crippen molar-refractivity contribution < 1.29 is 12.8 Å². The third-order valence-corrected chi connectivity index (χ3v) is 6.46. The topological polar surface area (TPSA) is 63.4 Å². The summed E-state index contributed by atoms with van der Waals surface area (Å²) in [6.07, 6.45) is 2.83. The van der Waals surface area contributed by atoms with Crippen molar-refractivity contribution in [3.63, 3.8) is 0 Å². The molecule has 0 aromatic heterocycles. The van der Waals surface area contributed by atoms with Crippen LogP contribution in [0.2, 0.25) is 0 Å². The van der Waals surface area contributed by atoms with Gasteiger partial charge >= 0.3 is 0 Å². The van der Waals surface area contributed by atoms with Crippen molar-refractivity contribution in [2.24, 2.45) is 5.92 Å². The second-order valence-corrected chi connectivity index (χ2v) is 7.94. The van der Waals surface area contributed by atoms with E-state index >= 15 is 0 Å². The zero-order valence-corrected chi connectivity index (χ0v) is 12.5. The Morgan fingerprint density at radius 3 is 2.68 bits per heavy atom. The van der Waals surface area contributed by atoms with E-state index in [1.54, 1.807) is 0 Å². The van der Waals surface area contributed by atoms with Crippen LogP contribution in [0.3, 0.4) is 0 Å². The van der Waals surface area contributed by atoms with E-state index < -0.39 is 15.8 Å². The molecule has 1 aliphatic heterocycles. The standard InChI is InChI=1S/C12H14BrFN2O2S/c13-10-4-8(15)5-11(12(10)14)19(17,18)16-6-7-1-2-9(16)3-7/h4-5,7,9H,1-3,6,15H2. The summed E-state index contributed by atoms with van der Waals surface area (Å²) >= 11 is 3.00. The predicted molar refractivity (Wildman–Crippen MR) is 73.5 cm³/mol. The summed E-state index contributed by atoms with van der Waals surface area (Å²) in [5, 5.41) is 0. The van der Waals surface area contributed by atoms with Crippen molar-refractivity contribution in [2.45, 2.75) is 30.2 Å². The molecule has 3 rings (SSSR count). The summed E-state index contributed by atoms with van der Waals surface area (Å²) in [4.78, 5) is -0.327. The molecule has 2 fully saturated rings. The summed E-state index contributed by atoms with van der Waals surface area (Å²) in [5.41, 5.74) is 5.85. The van der Waals surface area contributed by atoms with Gasteiger partial charge in [0, 0.05) is 18.3 Å². The van der Waals surface area contributed by atoms with Gasteiger partial charge in [0.05, 0.1) is 4.47 Å². The van der Waals surface area contributed by atoms with E-state index in [0.29, 0.717) is 12.5 Å². The van der Waals surface area contributed by atoms with Crippen LogP contribution in [0.5, 0.6) is 0 Å². The predicted octanol–water partition coefficient (Wildman–Crippen LogP) is 2.34. The summed E-state index contributed by atoms with van der Waals surface area (Å²) in [6.45, 7) is 0.499. The molecule has 2 aliphatic rings. The molecule has 1 saturated carbocycles. The Kier molecular flexibility index (Phi) is 3.11. The molecule has 2 bridgehead atoms. The number of nitrogens with two attached hydrogens (primary N) is 1. The highest BCUT2D eigenvalue weighted by Gasteiger charge is 2.45. The van der Waals surface area contributed by atoms with Gasteiger partial charge in [-0.15, -0.1) is 0 Å². The highest BCUT2D eigenvalue weighted by atomic mass is 79.9. The van der Waals surface area contributed by atoms with E-state index in [2.05, 4.69) is 15.9 Å². The lowest BCUT2D eigenvalue weighted by molar-refractivity contribution is 0.332. The number of anilines is 1. The molecular formula is C12H14BrFN2O2S. The SMILES string of the molecule is Nc1cc(Br)c(F)c(S(=O)(=O)N2CC3CCC2C3)c1. The van der Waals surface area contributed by atoms with E-state index in [4.69, 9.17) is 5.73 Å². The molecule has 1 aliphatic carbocycles. The summed E-state index contributed by atoms with van der Waals surface area (Å²) in [5.74, 6) is -0.343. The van der Waals surface area contributed by atoms with Gasteiger partial charge in [0.15, 0.2) is 5.82 Å². The monoisotopic (exact) mass is 348 g/mol. The normalized spacial score (nSPS) is 27.1. The lowest BCUT2D eigenvalue weighted by Gasteiger charge is -2.26. The van der Waals surface area contributed by atoms with Crippen LogP contribution in [-0.4, -0.2) is 25.3 Å². The summed E-state index contributed by atoms with van der Waals surface area (Å²) in [7, 11) is -3.80. The maximum Gasteiger partial charge on any atom is 0.246 e. The number of sulfonamides is 1. The number of fused-ring (bicyclic) bond motifs is 2. The first-order valence-electron chi connectivity index (χ1n) is 6.16. The third-order valence-electron chi connectivity index (χ3n) is 3.96. The number of nitrogen functional groups attached to an aromatic ring is 1. The van der Waals surface area contributed by atoms with Crippen LogP contribution in [-0.2, 0) is 10.0 Å². The fraction of sp³-hybridized carbons (Fsp3) is 0.500. The van der Waals surface area contributed by atoms with Crippen LogP contribution in [0.15, 0.2) is 21.5 Å². The number of piperidine rings is 1. The second-order valence-electron chi connectivity index (χ2n) is 5.22. The van der Waals surface area contributed by atoms with Gasteiger partial charge in [-0.2, -0.15) is 4.31 Å². The van der Waals surface area contributed by atoms with E-state index in [1.165, 1.54) is 16.4 Å². The number of hydrogen-bond acceptors (Lipinski definition) is 3. The van der Waals surface area contributed by atoms with Crippen LogP contribution < -0.4 is 5.73 Å². The molecule has 1 heterocycles. The molecule has 1 saturated heterocycles. The van der Waals surface area contributed by atoms with Gasteiger partial charge in [-0.05, 0) is 53.2 Å². The minimum atomic E-state index is -3.80. The number of halogens is 2. The largest absolute Gasteiger partial charge is 0.399 e. The van der Waals surface area contributed by atoms with Crippen LogP contribution in [0.25, 0.3) is 0 Å². The van der Waals surface area contributed by atoms with Crippen LogP contribution in [0.4, 0.5) is 10.1 Å². The average molecular weight is 349 g/mol. The summed E-state index contributed by atoms with van der Waals surface area (Å²) < 4.78 is 40.7. The molecule has 0 amide bonds. The summed E-state index contributed by atoms with van der Waals surface area (Å²) in [6, 6.07) is 2.58. The average Bonchev–Trinajstić information content (AvgIpc) is 2.95. The van der Waals surface area contributed by atoms with Crippen molar-refractivity contribution >= 4 is 31.6 Å². The van der Waals surface area contributed by atoms with E-state index in [1.807, 2.05) is 0 Å². The van der Waals surface area contributed by atoms with Gasteiger partial charge in [-0.1, -0.05) is 0 Å². The number of benzene rings is 1. The molecule has 2 N–H and O–H groups in total. The number of rotatable bonds is 2. The van der Waals surface area contributed by atoms with Crippen LogP contribution >= 0.6 is 15.9 Å². The molecule has 0 spiro atoms. The van der Waals surface area contributed by atoms with Crippen molar-refractivity contribution in [2.75, 3.05) is 12.3 Å². The Labute approximate surface area is 120 Å². The fourth-order valence-corrected chi connectivity index (χ4v) is 5.55. The lowest BCUT2D eigenvalue weighted by Crippen LogP contribution is -2.38. The first-order valence-corrected chi connectivity index (χ1v) is 8.39. The highest BCUT2D eigenvalue weighted by Crippen LogP contribution is 2.41. The van der Waals surface area contributed by atoms with Crippen molar-refractivity contribution in [3.8, 4) is 0 Å². The van der Waals surface area contributed by atoms with E-state index in [9.17, 15) is 12.8 Å². The van der Waals surface area contributed by atoms with Gasteiger partial charge in [0.25, 0.3) is 0 Å². The lowest BCUT2D eigenvalue weighted by atomic mass is 10.1. The Balaban J connectivity index is 2.06.